The van der Waals surface area contributed by atoms with Crippen molar-refractivity contribution in [3.05, 3.63) is 130 Å². The van der Waals surface area contributed by atoms with Crippen LogP contribution in [0.25, 0.3) is 0 Å². The molecule has 0 radical (unpaired) electrons. The first kappa shape index (κ1) is 33.0. The molecule has 9 heteroatoms. The highest BCUT2D eigenvalue weighted by Gasteiger charge is 2.35. The zero-order valence-corrected chi connectivity index (χ0v) is 27.6. The summed E-state index contributed by atoms with van der Waals surface area (Å²) >= 11 is 3.46. The summed E-state index contributed by atoms with van der Waals surface area (Å²) in [7, 11) is -4.14. The van der Waals surface area contributed by atoms with Crippen LogP contribution in [0.4, 0.5) is 5.69 Å². The van der Waals surface area contributed by atoms with E-state index in [1.54, 1.807) is 24.3 Å². The van der Waals surface area contributed by atoms with E-state index in [0.29, 0.717) is 12.2 Å². The Bertz CT molecular complexity index is 1660. The predicted octanol–water partition coefficient (Wildman–Crippen LogP) is 6.43. The van der Waals surface area contributed by atoms with Crippen LogP contribution in [0.2, 0.25) is 0 Å². The average molecular weight is 677 g/mol. The van der Waals surface area contributed by atoms with Crippen molar-refractivity contribution in [2.75, 3.05) is 17.4 Å². The van der Waals surface area contributed by atoms with E-state index >= 15 is 0 Å². The number of carbonyl (C=O) groups excluding carboxylic acids is 2. The second kappa shape index (κ2) is 15.2. The number of halogens is 1. The summed E-state index contributed by atoms with van der Waals surface area (Å²) in [4.78, 5) is 29.8. The fraction of sp³-hybridized carbons (Fsp3) is 0.257. The maximum Gasteiger partial charge on any atom is 0.264 e. The molecular formula is C35H38BrN3O4S. The highest BCUT2D eigenvalue weighted by Crippen LogP contribution is 2.28. The number of benzene rings is 4. The Morgan fingerprint density at radius 1 is 0.841 bits per heavy atom. The molecule has 44 heavy (non-hydrogen) atoms. The highest BCUT2D eigenvalue weighted by molar-refractivity contribution is 9.10. The number of hydrogen-bond donors (Lipinski definition) is 1. The Hall–Kier alpha value is -3.95. The second-order valence-corrected chi connectivity index (χ2v) is 13.5. The summed E-state index contributed by atoms with van der Waals surface area (Å²) in [5, 5.41) is 2.97. The van der Waals surface area contributed by atoms with E-state index in [-0.39, 0.29) is 23.8 Å². The molecule has 0 aliphatic rings. The van der Waals surface area contributed by atoms with Crippen molar-refractivity contribution in [3.63, 3.8) is 0 Å². The van der Waals surface area contributed by atoms with Gasteiger partial charge in [-0.05, 0) is 67.3 Å². The number of nitrogens with zero attached hydrogens (tertiary/aromatic N) is 2. The van der Waals surface area contributed by atoms with Gasteiger partial charge in [-0.3, -0.25) is 13.9 Å². The number of aryl methyl sites for hydroxylation is 2. The molecule has 4 rings (SSSR count). The molecule has 0 fully saturated rings. The summed E-state index contributed by atoms with van der Waals surface area (Å²) < 4.78 is 30.3. The van der Waals surface area contributed by atoms with Crippen LogP contribution in [0.1, 0.15) is 35.6 Å². The van der Waals surface area contributed by atoms with Gasteiger partial charge in [0.2, 0.25) is 11.8 Å². The lowest BCUT2D eigenvalue weighted by Gasteiger charge is -2.34. The van der Waals surface area contributed by atoms with Crippen molar-refractivity contribution < 1.29 is 18.0 Å². The highest BCUT2D eigenvalue weighted by atomic mass is 79.9. The molecule has 0 saturated carbocycles. The minimum absolute atomic E-state index is 0.0776. The molecule has 0 heterocycles. The van der Waals surface area contributed by atoms with Gasteiger partial charge in [-0.1, -0.05) is 101 Å². The monoisotopic (exact) mass is 675 g/mol. The van der Waals surface area contributed by atoms with Crippen LogP contribution in [0, 0.1) is 13.8 Å². The van der Waals surface area contributed by atoms with E-state index in [0.717, 1.165) is 37.5 Å². The first-order valence-corrected chi connectivity index (χ1v) is 16.8. The van der Waals surface area contributed by atoms with Crippen molar-refractivity contribution in [2.45, 2.75) is 51.1 Å². The van der Waals surface area contributed by atoms with E-state index in [1.165, 1.54) is 17.0 Å². The minimum Gasteiger partial charge on any atom is -0.354 e. The number of nitrogens with one attached hydrogen (secondary N) is 1. The van der Waals surface area contributed by atoms with E-state index in [2.05, 4.69) is 21.2 Å². The lowest BCUT2D eigenvalue weighted by molar-refractivity contribution is -0.140. The van der Waals surface area contributed by atoms with Crippen LogP contribution in [0.5, 0.6) is 0 Å². The first-order valence-electron chi connectivity index (χ1n) is 14.6. The molecule has 1 N–H and O–H groups in total. The van der Waals surface area contributed by atoms with Crippen LogP contribution in [0.15, 0.2) is 112 Å². The summed E-state index contributed by atoms with van der Waals surface area (Å²) in [5.74, 6) is -0.773. The van der Waals surface area contributed by atoms with Gasteiger partial charge in [-0.25, -0.2) is 8.42 Å². The zero-order valence-electron chi connectivity index (χ0n) is 25.2. The summed E-state index contributed by atoms with van der Waals surface area (Å²) in [5.41, 5.74) is 3.81. The molecule has 4 aromatic rings. The molecule has 4 aromatic carbocycles. The van der Waals surface area contributed by atoms with Gasteiger partial charge in [-0.15, -0.1) is 0 Å². The zero-order chi connectivity index (χ0) is 31.7. The Labute approximate surface area is 269 Å². The third-order valence-electron chi connectivity index (χ3n) is 7.32. The molecule has 0 aliphatic heterocycles. The molecule has 1 unspecified atom stereocenters. The van der Waals surface area contributed by atoms with Gasteiger partial charge < -0.3 is 10.2 Å². The molecule has 230 valence electrons. The Balaban J connectivity index is 1.81. The lowest BCUT2D eigenvalue weighted by atomic mass is 10.0. The van der Waals surface area contributed by atoms with Crippen LogP contribution >= 0.6 is 15.9 Å². The van der Waals surface area contributed by atoms with Crippen LogP contribution in [-0.4, -0.2) is 44.3 Å². The fourth-order valence-corrected chi connectivity index (χ4v) is 6.79. The van der Waals surface area contributed by atoms with Crippen molar-refractivity contribution >= 4 is 43.5 Å². The predicted molar refractivity (Wildman–Crippen MR) is 179 cm³/mol. The number of anilines is 1. The first-order chi connectivity index (χ1) is 21.1. The topological polar surface area (TPSA) is 86.8 Å². The van der Waals surface area contributed by atoms with Crippen molar-refractivity contribution in [1.82, 2.24) is 10.2 Å². The molecule has 0 aliphatic carbocycles. The molecular weight excluding hydrogens is 638 g/mol. The molecule has 0 bridgehead atoms. The smallest absolute Gasteiger partial charge is 0.264 e. The van der Waals surface area contributed by atoms with Gasteiger partial charge >= 0.3 is 0 Å². The Morgan fingerprint density at radius 2 is 1.48 bits per heavy atom. The van der Waals surface area contributed by atoms with Crippen molar-refractivity contribution in [2.24, 2.45) is 0 Å². The van der Waals surface area contributed by atoms with Crippen molar-refractivity contribution in [3.8, 4) is 0 Å². The lowest BCUT2D eigenvalue weighted by Crippen LogP contribution is -2.53. The largest absolute Gasteiger partial charge is 0.354 e. The normalized spacial score (nSPS) is 11.9. The van der Waals surface area contributed by atoms with E-state index in [9.17, 15) is 18.0 Å². The van der Waals surface area contributed by atoms with Crippen molar-refractivity contribution in [1.29, 1.82) is 0 Å². The third-order valence-corrected chi connectivity index (χ3v) is 9.62. The van der Waals surface area contributed by atoms with Gasteiger partial charge in [0.05, 0.1) is 10.6 Å². The molecule has 0 aromatic heterocycles. The number of hydrogen-bond acceptors (Lipinski definition) is 4. The third kappa shape index (κ3) is 8.36. The van der Waals surface area contributed by atoms with E-state index in [1.807, 2.05) is 87.5 Å². The molecule has 0 saturated heterocycles. The van der Waals surface area contributed by atoms with Gasteiger partial charge in [0.15, 0.2) is 0 Å². The SMILES string of the molecule is CCCNC(=O)C(Cc1ccccc1)N(Cc1ccc(Br)cc1)C(=O)CN(c1ccc(C)cc1C)S(=O)(=O)c1ccccc1. The maximum absolute atomic E-state index is 14.5. The van der Waals surface area contributed by atoms with Gasteiger partial charge in [0.25, 0.3) is 10.0 Å². The van der Waals surface area contributed by atoms with E-state index in [4.69, 9.17) is 0 Å². The quantitative estimate of drug-likeness (QED) is 0.177. The van der Waals surface area contributed by atoms with E-state index < -0.39 is 28.5 Å². The van der Waals surface area contributed by atoms with Crippen LogP contribution in [0.3, 0.4) is 0 Å². The fourth-order valence-electron chi connectivity index (χ4n) is 5.02. The van der Waals surface area contributed by atoms with Gasteiger partial charge in [-0.2, -0.15) is 0 Å². The second-order valence-electron chi connectivity index (χ2n) is 10.8. The summed E-state index contributed by atoms with van der Waals surface area (Å²) in [6.45, 7) is 5.82. The maximum atomic E-state index is 14.5. The molecule has 2 amide bonds. The number of sulfonamides is 1. The summed E-state index contributed by atoms with van der Waals surface area (Å²) in [6.07, 6.45) is 1.01. The van der Waals surface area contributed by atoms with Gasteiger partial charge in [0, 0.05) is 24.0 Å². The minimum atomic E-state index is -4.14. The van der Waals surface area contributed by atoms with Gasteiger partial charge in [0.1, 0.15) is 12.6 Å². The number of amides is 2. The standard InChI is InChI=1S/C35H38BrN3O4S/c1-4-21-37-35(41)33(23-28-11-7-5-8-12-28)38(24-29-16-18-30(36)19-17-29)34(40)25-39(32-20-15-26(2)22-27(32)3)44(42,43)31-13-9-6-10-14-31/h5-20,22,33H,4,21,23-25H2,1-3H3,(H,37,41). The molecule has 7 nitrogen and oxygen atoms in total. The summed E-state index contributed by atoms with van der Waals surface area (Å²) in [6, 6.07) is 29.7. The number of carbonyl (C=O) groups is 2. The Morgan fingerprint density at radius 3 is 2.09 bits per heavy atom. The van der Waals surface area contributed by atoms with Crippen LogP contribution in [-0.2, 0) is 32.6 Å². The number of rotatable bonds is 13. The molecule has 0 spiro atoms. The molecule has 1 atom stereocenters. The average Bonchev–Trinajstić information content (AvgIpc) is 3.02. The van der Waals surface area contributed by atoms with Crippen LogP contribution < -0.4 is 9.62 Å². The Kier molecular flexibility index (Phi) is 11.4.